The molecule has 3 aromatic rings. The van der Waals surface area contributed by atoms with Crippen LogP contribution < -0.4 is 5.32 Å². The normalized spacial score (nSPS) is 20.0. The van der Waals surface area contributed by atoms with E-state index in [0.29, 0.717) is 31.5 Å². The molecule has 1 aliphatic rings. The van der Waals surface area contributed by atoms with Crippen molar-refractivity contribution in [1.29, 1.82) is 0 Å². The molecule has 0 saturated carbocycles. The van der Waals surface area contributed by atoms with Crippen molar-refractivity contribution in [3.63, 3.8) is 0 Å². The highest BCUT2D eigenvalue weighted by molar-refractivity contribution is 5.90. The van der Waals surface area contributed by atoms with E-state index in [9.17, 15) is 19.8 Å². The van der Waals surface area contributed by atoms with Gasteiger partial charge in [0.2, 0.25) is 5.91 Å². The zero-order chi connectivity index (χ0) is 30.8. The third kappa shape index (κ3) is 9.44. The lowest BCUT2D eigenvalue weighted by molar-refractivity contribution is -0.253. The molecule has 43 heavy (non-hydrogen) atoms. The molecular formula is C34H42N2O7. The fourth-order valence-corrected chi connectivity index (χ4v) is 5.24. The van der Waals surface area contributed by atoms with Crippen molar-refractivity contribution >= 4 is 17.6 Å². The number of rotatable bonds is 14. The third-order valence-electron chi connectivity index (χ3n) is 7.89. The average molecular weight is 591 g/mol. The summed E-state index contributed by atoms with van der Waals surface area (Å²) in [4.78, 5) is 25.3. The van der Waals surface area contributed by atoms with Crippen LogP contribution in [0.5, 0.6) is 0 Å². The van der Waals surface area contributed by atoms with Gasteiger partial charge in [0, 0.05) is 43.1 Å². The summed E-state index contributed by atoms with van der Waals surface area (Å²) in [5.41, 5.74) is 4.01. The van der Waals surface area contributed by atoms with Gasteiger partial charge in [-0.3, -0.25) is 14.5 Å². The third-order valence-corrected chi connectivity index (χ3v) is 7.89. The van der Waals surface area contributed by atoms with Crippen molar-refractivity contribution in [2.24, 2.45) is 0 Å². The molecule has 0 unspecified atom stereocenters. The van der Waals surface area contributed by atoms with Gasteiger partial charge in [-0.1, -0.05) is 66.7 Å². The van der Waals surface area contributed by atoms with Gasteiger partial charge < -0.3 is 30.1 Å². The summed E-state index contributed by atoms with van der Waals surface area (Å²) in [7, 11) is 1.97. The summed E-state index contributed by atoms with van der Waals surface area (Å²) in [5.74, 6) is -1.05. The molecule has 1 fully saturated rings. The summed E-state index contributed by atoms with van der Waals surface area (Å²) in [5, 5.41) is 32.2. The first kappa shape index (κ1) is 32.3. The van der Waals surface area contributed by atoms with E-state index in [-0.39, 0.29) is 43.6 Å². The minimum atomic E-state index is -0.866. The second-order valence-corrected chi connectivity index (χ2v) is 11.2. The van der Waals surface area contributed by atoms with Gasteiger partial charge in [0.05, 0.1) is 24.9 Å². The Morgan fingerprint density at radius 3 is 2.37 bits per heavy atom. The van der Waals surface area contributed by atoms with Gasteiger partial charge in [-0.2, -0.15) is 0 Å². The molecular weight excluding hydrogens is 548 g/mol. The second-order valence-electron chi connectivity index (χ2n) is 11.2. The van der Waals surface area contributed by atoms with Gasteiger partial charge in [0.25, 0.3) is 0 Å². The Hall–Kier alpha value is -3.60. The Balaban J connectivity index is 1.48. The summed E-state index contributed by atoms with van der Waals surface area (Å²) >= 11 is 0. The van der Waals surface area contributed by atoms with Crippen LogP contribution in [0, 0.1) is 0 Å². The molecule has 0 aromatic heterocycles. The van der Waals surface area contributed by atoms with Crippen LogP contribution in [0.15, 0.2) is 78.9 Å². The molecule has 9 heteroatoms. The smallest absolute Gasteiger partial charge is 0.303 e. The van der Waals surface area contributed by atoms with Gasteiger partial charge in [0.15, 0.2) is 6.29 Å². The molecule has 4 rings (SSSR count). The van der Waals surface area contributed by atoms with E-state index in [1.54, 1.807) is 6.07 Å². The number of amides is 1. The van der Waals surface area contributed by atoms with Gasteiger partial charge >= 0.3 is 5.97 Å². The second kappa shape index (κ2) is 15.7. The Bertz CT molecular complexity index is 1320. The number of carbonyl (C=O) groups is 2. The number of aliphatic hydroxyl groups is 2. The summed E-state index contributed by atoms with van der Waals surface area (Å²) < 4.78 is 12.9. The molecule has 0 radical (unpaired) electrons. The molecule has 1 saturated heterocycles. The predicted octanol–water partition coefficient (Wildman–Crippen LogP) is 5.36. The number of hydrogen-bond donors (Lipinski definition) is 4. The molecule has 1 heterocycles. The maximum absolute atomic E-state index is 12.5. The quantitative estimate of drug-likeness (QED) is 0.185. The summed E-state index contributed by atoms with van der Waals surface area (Å²) in [6.07, 6.45) is -0.0225. The molecule has 0 bridgehead atoms. The van der Waals surface area contributed by atoms with E-state index in [1.165, 1.54) is 0 Å². The van der Waals surface area contributed by atoms with Crippen LogP contribution in [-0.2, 0) is 25.7 Å². The number of benzene rings is 3. The van der Waals surface area contributed by atoms with Gasteiger partial charge in [0.1, 0.15) is 0 Å². The van der Waals surface area contributed by atoms with E-state index < -0.39 is 18.4 Å². The fourth-order valence-electron chi connectivity index (χ4n) is 5.24. The highest BCUT2D eigenvalue weighted by Gasteiger charge is 2.34. The number of likely N-dealkylation sites (N-methyl/N-ethyl adjacent to an activating group) is 1. The number of hydrogen-bond acceptors (Lipinski definition) is 7. The topological polar surface area (TPSA) is 129 Å². The number of carboxylic acid groups (broad SMARTS) is 1. The first-order valence-electron chi connectivity index (χ1n) is 14.8. The number of aliphatic carboxylic acids is 1. The van der Waals surface area contributed by atoms with Crippen molar-refractivity contribution in [3.8, 4) is 0 Å². The first-order chi connectivity index (χ1) is 20.7. The van der Waals surface area contributed by atoms with Crippen molar-refractivity contribution in [1.82, 2.24) is 4.90 Å². The zero-order valence-corrected chi connectivity index (χ0v) is 24.8. The van der Waals surface area contributed by atoms with Crippen molar-refractivity contribution < 1.29 is 34.4 Å². The number of nitrogens with zero attached hydrogens (tertiary/aromatic N) is 1. The standard InChI is InChI=1S/C34H42N2O7/c1-23(33(41)26-9-4-3-5-10-26)36(2)21-29-20-30(25-17-15-24(22-37)16-18-25)43-34(42-29)27-11-8-12-28(19-27)35-31(38)13-6-7-14-32(39)40/h3-5,8-12,15-19,23,29-30,33-34,37,41H,6-7,13-14,20-22H2,1-2H3,(H,35,38)(H,39,40)/t23-,29-,30+,33-,34+/m0/s1. The van der Waals surface area contributed by atoms with E-state index >= 15 is 0 Å². The van der Waals surface area contributed by atoms with Crippen LogP contribution >= 0.6 is 0 Å². The van der Waals surface area contributed by atoms with E-state index in [2.05, 4.69) is 10.2 Å². The fraction of sp³-hybridized carbons (Fsp3) is 0.412. The predicted molar refractivity (Wildman–Crippen MR) is 163 cm³/mol. The average Bonchev–Trinajstić information content (AvgIpc) is 3.02. The Labute approximate surface area is 253 Å². The molecule has 4 N–H and O–H groups in total. The maximum Gasteiger partial charge on any atom is 0.303 e. The lowest BCUT2D eigenvalue weighted by Crippen LogP contribution is -2.43. The van der Waals surface area contributed by atoms with E-state index in [4.69, 9.17) is 14.6 Å². The van der Waals surface area contributed by atoms with Crippen molar-refractivity contribution in [2.45, 2.75) is 76.3 Å². The highest BCUT2D eigenvalue weighted by Crippen LogP contribution is 2.39. The van der Waals surface area contributed by atoms with Crippen LogP contribution in [0.3, 0.4) is 0 Å². The lowest BCUT2D eigenvalue weighted by atomic mass is 9.98. The number of anilines is 1. The maximum atomic E-state index is 12.5. The number of unbranched alkanes of at least 4 members (excludes halogenated alkanes) is 1. The minimum Gasteiger partial charge on any atom is -0.481 e. The molecule has 3 aromatic carbocycles. The monoisotopic (exact) mass is 590 g/mol. The Kier molecular flexibility index (Phi) is 11.8. The number of nitrogens with one attached hydrogen (secondary N) is 1. The first-order valence-corrected chi connectivity index (χ1v) is 14.8. The largest absolute Gasteiger partial charge is 0.481 e. The Morgan fingerprint density at radius 2 is 1.67 bits per heavy atom. The van der Waals surface area contributed by atoms with Gasteiger partial charge in [-0.15, -0.1) is 0 Å². The summed E-state index contributed by atoms with van der Waals surface area (Å²) in [6, 6.07) is 24.5. The van der Waals surface area contributed by atoms with Crippen molar-refractivity contribution in [3.05, 3.63) is 101 Å². The van der Waals surface area contributed by atoms with Crippen LogP contribution in [0.25, 0.3) is 0 Å². The van der Waals surface area contributed by atoms with Gasteiger partial charge in [-0.05, 0) is 55.6 Å². The molecule has 1 amide bonds. The minimum absolute atomic E-state index is 0.0370. The number of ether oxygens (including phenoxy) is 2. The van der Waals surface area contributed by atoms with Crippen LogP contribution in [0.1, 0.15) is 79.8 Å². The van der Waals surface area contributed by atoms with Crippen molar-refractivity contribution in [2.75, 3.05) is 18.9 Å². The Morgan fingerprint density at radius 1 is 0.953 bits per heavy atom. The SMILES string of the molecule is C[C@@H]([C@H](O)c1ccccc1)N(C)C[C@@H]1C[C@H](c2ccc(CO)cc2)O[C@H](c2cccc(NC(=O)CCCCC(=O)O)c2)O1. The molecule has 230 valence electrons. The van der Waals surface area contributed by atoms with Crippen LogP contribution in [-0.4, -0.2) is 57.8 Å². The van der Waals surface area contributed by atoms with E-state index in [1.807, 2.05) is 86.8 Å². The molecule has 0 spiro atoms. The highest BCUT2D eigenvalue weighted by atomic mass is 16.7. The molecule has 9 nitrogen and oxygen atoms in total. The number of aliphatic hydroxyl groups excluding tert-OH is 2. The summed E-state index contributed by atoms with van der Waals surface area (Å²) in [6.45, 7) is 2.51. The molecule has 0 aliphatic carbocycles. The number of carboxylic acids is 1. The van der Waals surface area contributed by atoms with E-state index in [0.717, 1.165) is 22.3 Å². The molecule has 1 aliphatic heterocycles. The molecule has 5 atom stereocenters. The number of carbonyl (C=O) groups excluding carboxylic acids is 1. The lowest BCUT2D eigenvalue weighted by Gasteiger charge is -2.39. The zero-order valence-electron chi connectivity index (χ0n) is 24.8. The van der Waals surface area contributed by atoms with Gasteiger partial charge in [-0.25, -0.2) is 0 Å². The van der Waals surface area contributed by atoms with Crippen LogP contribution in [0.4, 0.5) is 5.69 Å². The van der Waals surface area contributed by atoms with Crippen LogP contribution in [0.2, 0.25) is 0 Å².